The van der Waals surface area contributed by atoms with Gasteiger partial charge < -0.3 is 13.9 Å². The van der Waals surface area contributed by atoms with E-state index in [2.05, 4.69) is 58.1 Å². The normalized spacial score (nSPS) is 29.5. The Kier molecular flexibility index (Phi) is 5.21. The molecular weight excluding hydrogens is 316 g/mol. The van der Waals surface area contributed by atoms with Gasteiger partial charge in [-0.1, -0.05) is 51.1 Å². The quantitative estimate of drug-likeness (QED) is 0.673. The van der Waals surface area contributed by atoms with Crippen LogP contribution in [-0.4, -0.2) is 33.7 Å². The molecule has 0 N–H and O–H groups in total. The Morgan fingerprint density at radius 3 is 2.42 bits per heavy atom. The van der Waals surface area contributed by atoms with Crippen LogP contribution in [0.15, 0.2) is 30.3 Å². The molecule has 1 saturated carbocycles. The van der Waals surface area contributed by atoms with Crippen molar-refractivity contribution in [3.63, 3.8) is 0 Å². The van der Waals surface area contributed by atoms with Gasteiger partial charge in [0.1, 0.15) is 0 Å². The van der Waals surface area contributed by atoms with Gasteiger partial charge in [-0.25, -0.2) is 0 Å². The number of hydrogen-bond acceptors (Lipinski definition) is 3. The van der Waals surface area contributed by atoms with Crippen LogP contribution in [0.1, 0.15) is 32.8 Å². The highest BCUT2D eigenvalue weighted by molar-refractivity contribution is 6.74. The lowest BCUT2D eigenvalue weighted by molar-refractivity contribution is 0.00686. The molecule has 0 unspecified atom stereocenters. The minimum Gasteiger partial charge on any atom is -0.414 e. The summed E-state index contributed by atoms with van der Waals surface area (Å²) in [6.45, 7) is 13.8. The lowest BCUT2D eigenvalue weighted by Crippen LogP contribution is -2.42. The van der Waals surface area contributed by atoms with Crippen LogP contribution in [0.4, 0.5) is 0 Å². The SMILES string of the molecule is CC(C)(C)[Si](C)(C)OC[C@H]1C[C@H]2[C@H](COCc3ccccc3)[C@H]2O1. The summed E-state index contributed by atoms with van der Waals surface area (Å²) in [6, 6.07) is 10.4. The molecule has 24 heavy (non-hydrogen) atoms. The first-order valence-electron chi connectivity index (χ1n) is 9.19. The summed E-state index contributed by atoms with van der Waals surface area (Å²) in [4.78, 5) is 0. The van der Waals surface area contributed by atoms with Gasteiger partial charge in [0.2, 0.25) is 0 Å². The molecule has 4 atom stereocenters. The van der Waals surface area contributed by atoms with Gasteiger partial charge in [-0.05, 0) is 36.0 Å². The largest absolute Gasteiger partial charge is 0.414 e. The molecule has 1 aliphatic carbocycles. The first kappa shape index (κ1) is 18.1. The topological polar surface area (TPSA) is 27.7 Å². The van der Waals surface area contributed by atoms with Crippen molar-refractivity contribution in [3.05, 3.63) is 35.9 Å². The Morgan fingerprint density at radius 2 is 1.83 bits per heavy atom. The van der Waals surface area contributed by atoms with E-state index in [0.717, 1.165) is 19.6 Å². The lowest BCUT2D eigenvalue weighted by Gasteiger charge is -2.37. The first-order valence-corrected chi connectivity index (χ1v) is 12.1. The zero-order chi connectivity index (χ0) is 17.4. The number of rotatable bonds is 7. The second-order valence-corrected chi connectivity index (χ2v) is 13.7. The molecule has 1 aromatic carbocycles. The van der Waals surface area contributed by atoms with Gasteiger partial charge in [-0.2, -0.15) is 0 Å². The highest BCUT2D eigenvalue weighted by Gasteiger charge is 2.57. The third-order valence-corrected chi connectivity index (χ3v) is 10.5. The monoisotopic (exact) mass is 348 g/mol. The molecule has 3 nitrogen and oxygen atoms in total. The van der Waals surface area contributed by atoms with E-state index in [1.807, 2.05) is 6.07 Å². The summed E-state index contributed by atoms with van der Waals surface area (Å²) in [7, 11) is -1.66. The molecule has 1 heterocycles. The molecule has 4 heteroatoms. The van der Waals surface area contributed by atoms with Gasteiger partial charge in [0.15, 0.2) is 8.32 Å². The molecule has 0 aromatic heterocycles. The molecule has 2 aliphatic rings. The first-order chi connectivity index (χ1) is 11.3. The summed E-state index contributed by atoms with van der Waals surface area (Å²) < 4.78 is 18.3. The van der Waals surface area contributed by atoms with E-state index in [4.69, 9.17) is 13.9 Å². The minimum absolute atomic E-state index is 0.266. The predicted molar refractivity (Wildman–Crippen MR) is 99.5 cm³/mol. The summed E-state index contributed by atoms with van der Waals surface area (Å²) in [5, 5.41) is 0.266. The summed E-state index contributed by atoms with van der Waals surface area (Å²) >= 11 is 0. The van der Waals surface area contributed by atoms with Gasteiger partial charge in [0.25, 0.3) is 0 Å². The van der Waals surface area contributed by atoms with Crippen molar-refractivity contribution < 1.29 is 13.9 Å². The Morgan fingerprint density at radius 1 is 1.12 bits per heavy atom. The van der Waals surface area contributed by atoms with E-state index in [1.54, 1.807) is 0 Å². The molecule has 3 rings (SSSR count). The fourth-order valence-corrected chi connectivity index (χ4v) is 4.27. The molecule has 0 spiro atoms. The highest BCUT2D eigenvalue weighted by Crippen LogP contribution is 2.52. The second kappa shape index (κ2) is 6.91. The minimum atomic E-state index is -1.66. The number of fused-ring (bicyclic) bond motifs is 1. The molecular formula is C20H32O3Si. The lowest BCUT2D eigenvalue weighted by atomic mass is 10.2. The van der Waals surface area contributed by atoms with E-state index in [-0.39, 0.29) is 5.04 Å². The molecule has 1 aliphatic heterocycles. The standard InChI is InChI=1S/C20H32O3Si/c1-20(2,3)24(4,5)22-13-16-11-17-18(19(17)23-16)14-21-12-15-9-7-6-8-10-15/h6-10,16-19H,11-14H2,1-5H3/t16-,17+,18+,19+/m1/s1. The average Bonchev–Trinajstić information content (AvgIpc) is 2.97. The van der Waals surface area contributed by atoms with Crippen LogP contribution in [0.2, 0.25) is 18.1 Å². The zero-order valence-corrected chi connectivity index (χ0v) is 16.7. The maximum absolute atomic E-state index is 6.30. The maximum Gasteiger partial charge on any atom is 0.192 e. The van der Waals surface area contributed by atoms with Gasteiger partial charge >= 0.3 is 0 Å². The highest BCUT2D eigenvalue weighted by atomic mass is 28.4. The Balaban J connectivity index is 1.34. The average molecular weight is 349 g/mol. The smallest absolute Gasteiger partial charge is 0.192 e. The van der Waals surface area contributed by atoms with Gasteiger partial charge in [0, 0.05) is 5.92 Å². The van der Waals surface area contributed by atoms with E-state index >= 15 is 0 Å². The van der Waals surface area contributed by atoms with Crippen LogP contribution in [0.5, 0.6) is 0 Å². The van der Waals surface area contributed by atoms with Crippen LogP contribution < -0.4 is 0 Å². The molecule has 0 bridgehead atoms. The van der Waals surface area contributed by atoms with E-state index in [1.165, 1.54) is 5.56 Å². The van der Waals surface area contributed by atoms with Crippen molar-refractivity contribution in [2.24, 2.45) is 11.8 Å². The number of hydrogen-bond donors (Lipinski definition) is 0. The van der Waals surface area contributed by atoms with Crippen molar-refractivity contribution in [2.75, 3.05) is 13.2 Å². The molecule has 134 valence electrons. The molecule has 1 aromatic rings. The van der Waals surface area contributed by atoms with Crippen molar-refractivity contribution >= 4 is 8.32 Å². The van der Waals surface area contributed by atoms with Crippen molar-refractivity contribution in [2.45, 2.75) is 64.1 Å². The Bertz CT molecular complexity index is 526. The maximum atomic E-state index is 6.30. The third kappa shape index (κ3) is 4.10. The van der Waals surface area contributed by atoms with E-state index < -0.39 is 8.32 Å². The van der Waals surface area contributed by atoms with E-state index in [9.17, 15) is 0 Å². The summed E-state index contributed by atoms with van der Waals surface area (Å²) in [5.41, 5.74) is 1.24. The zero-order valence-electron chi connectivity index (χ0n) is 15.7. The second-order valence-electron chi connectivity index (χ2n) is 8.86. The number of benzene rings is 1. The number of ether oxygens (including phenoxy) is 2. The molecule has 0 radical (unpaired) electrons. The fraction of sp³-hybridized carbons (Fsp3) is 0.700. The van der Waals surface area contributed by atoms with Gasteiger partial charge in [0.05, 0.1) is 32.0 Å². The Hall–Kier alpha value is -0.683. The predicted octanol–water partition coefficient (Wildman–Crippen LogP) is 4.63. The molecule has 1 saturated heterocycles. The fourth-order valence-electron chi connectivity index (χ4n) is 3.23. The van der Waals surface area contributed by atoms with Crippen molar-refractivity contribution in [1.29, 1.82) is 0 Å². The van der Waals surface area contributed by atoms with Gasteiger partial charge in [-0.15, -0.1) is 0 Å². The van der Waals surface area contributed by atoms with Crippen LogP contribution in [-0.2, 0) is 20.5 Å². The van der Waals surface area contributed by atoms with E-state index in [0.29, 0.717) is 30.7 Å². The van der Waals surface area contributed by atoms with Crippen LogP contribution >= 0.6 is 0 Å². The summed E-state index contributed by atoms with van der Waals surface area (Å²) in [5.74, 6) is 1.28. The Labute approximate surface area is 147 Å². The van der Waals surface area contributed by atoms with Crippen molar-refractivity contribution in [1.82, 2.24) is 0 Å². The molecule has 0 amide bonds. The van der Waals surface area contributed by atoms with Gasteiger partial charge in [-0.3, -0.25) is 0 Å². The van der Waals surface area contributed by atoms with Crippen molar-refractivity contribution in [3.8, 4) is 0 Å². The molecule has 2 fully saturated rings. The van der Waals surface area contributed by atoms with Crippen LogP contribution in [0.25, 0.3) is 0 Å². The van der Waals surface area contributed by atoms with Crippen LogP contribution in [0, 0.1) is 11.8 Å². The van der Waals surface area contributed by atoms with Crippen LogP contribution in [0.3, 0.4) is 0 Å². The third-order valence-electron chi connectivity index (χ3n) is 6.00. The summed E-state index contributed by atoms with van der Waals surface area (Å²) in [6.07, 6.45) is 1.84.